The third-order valence-electron chi connectivity index (χ3n) is 6.69. The lowest BCUT2D eigenvalue weighted by Gasteiger charge is -2.24. The summed E-state index contributed by atoms with van der Waals surface area (Å²) in [4.78, 5) is 11.8. The zero-order chi connectivity index (χ0) is 28.8. The van der Waals surface area contributed by atoms with Crippen molar-refractivity contribution in [2.45, 2.75) is 20.4 Å². The van der Waals surface area contributed by atoms with E-state index in [2.05, 4.69) is 108 Å². The van der Waals surface area contributed by atoms with Gasteiger partial charge in [-0.1, -0.05) is 32.1 Å². The van der Waals surface area contributed by atoms with Crippen molar-refractivity contribution < 1.29 is 5.11 Å². The second-order valence-corrected chi connectivity index (χ2v) is 10.9. The van der Waals surface area contributed by atoms with E-state index in [4.69, 9.17) is 0 Å². The molecule has 3 N–H and O–H groups in total. The van der Waals surface area contributed by atoms with Gasteiger partial charge in [-0.15, -0.1) is 11.3 Å². The van der Waals surface area contributed by atoms with E-state index in [0.717, 1.165) is 56.9 Å². The van der Waals surface area contributed by atoms with E-state index in [1.165, 1.54) is 28.1 Å². The van der Waals surface area contributed by atoms with Gasteiger partial charge in [0.25, 0.3) is 0 Å². The SMILES string of the molecule is CC.CN.CN1CCN(C)CCN(Cc2cc(-c3ccc(/C=C/c4ccc(N(C)C)cc4)s3)ccc2O)CC1. The fraction of sp³-hybridized carbons (Fsp3) is 0.438. The highest BCUT2D eigenvalue weighted by Crippen LogP contribution is 2.32. The van der Waals surface area contributed by atoms with E-state index in [-0.39, 0.29) is 0 Å². The van der Waals surface area contributed by atoms with Gasteiger partial charge in [0.2, 0.25) is 0 Å². The number of nitrogens with two attached hydrogens (primary N) is 1. The molecule has 2 aromatic carbocycles. The van der Waals surface area contributed by atoms with Gasteiger partial charge in [-0.25, -0.2) is 0 Å². The summed E-state index contributed by atoms with van der Waals surface area (Å²) in [5, 5.41) is 10.6. The van der Waals surface area contributed by atoms with Gasteiger partial charge < -0.3 is 25.5 Å². The van der Waals surface area contributed by atoms with Crippen molar-refractivity contribution in [3.05, 3.63) is 70.6 Å². The summed E-state index contributed by atoms with van der Waals surface area (Å²) in [7, 11) is 10.00. The van der Waals surface area contributed by atoms with Gasteiger partial charge in [-0.05, 0) is 80.8 Å². The lowest BCUT2D eigenvalue weighted by molar-refractivity contribution is 0.226. The van der Waals surface area contributed by atoms with E-state index >= 15 is 0 Å². The number of rotatable bonds is 6. The Balaban J connectivity index is 0.00000127. The van der Waals surface area contributed by atoms with E-state index in [9.17, 15) is 5.11 Å². The quantitative estimate of drug-likeness (QED) is 0.414. The van der Waals surface area contributed by atoms with Crippen molar-refractivity contribution in [1.82, 2.24) is 14.7 Å². The molecule has 4 rings (SSSR count). The molecule has 0 aliphatic carbocycles. The molecule has 39 heavy (non-hydrogen) atoms. The van der Waals surface area contributed by atoms with Crippen LogP contribution in [0.5, 0.6) is 5.75 Å². The lowest BCUT2D eigenvalue weighted by Crippen LogP contribution is -2.34. The Labute approximate surface area is 241 Å². The molecule has 0 unspecified atom stereocenters. The number of benzene rings is 2. The Hall–Kier alpha value is -2.68. The third kappa shape index (κ3) is 10.4. The molecule has 1 aliphatic heterocycles. The molecule has 0 spiro atoms. The van der Waals surface area contributed by atoms with Gasteiger partial charge >= 0.3 is 0 Å². The molecule has 1 aliphatic rings. The molecule has 1 aromatic heterocycles. The number of aromatic hydroxyl groups is 1. The Kier molecular flexibility index (Phi) is 14.3. The number of anilines is 1. The summed E-state index contributed by atoms with van der Waals surface area (Å²) >= 11 is 1.78. The Morgan fingerprint density at radius 1 is 0.821 bits per heavy atom. The van der Waals surface area contributed by atoms with Gasteiger partial charge in [-0.3, -0.25) is 4.90 Å². The molecular formula is C32H49N5OS. The summed E-state index contributed by atoms with van der Waals surface area (Å²) in [6.07, 6.45) is 4.34. The molecule has 2 heterocycles. The number of likely N-dealkylation sites (N-methyl/N-ethyl adjacent to an activating group) is 2. The fourth-order valence-electron chi connectivity index (χ4n) is 4.23. The van der Waals surface area contributed by atoms with Crippen molar-refractivity contribution in [3.8, 4) is 16.2 Å². The average molecular weight is 552 g/mol. The predicted octanol–water partition coefficient (Wildman–Crippen LogP) is 5.64. The summed E-state index contributed by atoms with van der Waals surface area (Å²) in [5.74, 6) is 0.383. The van der Waals surface area contributed by atoms with E-state index in [1.54, 1.807) is 11.3 Å². The van der Waals surface area contributed by atoms with Gasteiger partial charge in [0.1, 0.15) is 5.75 Å². The van der Waals surface area contributed by atoms with Gasteiger partial charge in [-0.2, -0.15) is 0 Å². The number of hydrogen-bond donors (Lipinski definition) is 2. The standard InChI is InChI=1S/C29H38N4OS.C2H6.CH5N/c1-30(2)26-9-5-23(6-10-26)7-11-27-12-14-29(35-27)24-8-13-28(34)25(21-24)22-33-19-17-31(3)15-16-32(4)18-20-33;2*1-2/h5-14,21,34H,15-20,22H2,1-4H3;1-2H3;2H2,1H3/b11-7+;;. The third-order valence-corrected chi connectivity index (χ3v) is 7.79. The molecule has 1 saturated heterocycles. The predicted molar refractivity (Wildman–Crippen MR) is 173 cm³/mol. The number of thiophene rings is 1. The van der Waals surface area contributed by atoms with Gasteiger partial charge in [0, 0.05) is 80.9 Å². The second-order valence-electron chi connectivity index (χ2n) is 9.75. The van der Waals surface area contributed by atoms with Crippen molar-refractivity contribution in [3.63, 3.8) is 0 Å². The number of phenols is 1. The highest BCUT2D eigenvalue weighted by Gasteiger charge is 2.15. The molecule has 6 nitrogen and oxygen atoms in total. The summed E-state index contributed by atoms with van der Waals surface area (Å²) < 4.78 is 0. The number of hydrogen-bond acceptors (Lipinski definition) is 7. The topological polar surface area (TPSA) is 59.2 Å². The minimum atomic E-state index is 0.383. The van der Waals surface area contributed by atoms with Crippen molar-refractivity contribution in [2.75, 3.05) is 79.4 Å². The molecule has 3 aromatic rings. The molecule has 0 amide bonds. The molecule has 214 valence electrons. The number of phenolic OH excluding ortho intramolecular Hbond substituents is 1. The zero-order valence-electron chi connectivity index (χ0n) is 25.0. The Morgan fingerprint density at radius 2 is 1.41 bits per heavy atom. The molecule has 1 fully saturated rings. The van der Waals surface area contributed by atoms with Crippen LogP contribution >= 0.6 is 11.3 Å². The van der Waals surface area contributed by atoms with Gasteiger partial charge in [0.05, 0.1) is 0 Å². The van der Waals surface area contributed by atoms with Crippen LogP contribution in [0.15, 0.2) is 54.6 Å². The molecular weight excluding hydrogens is 502 g/mol. The Bertz CT molecular complexity index is 1110. The number of nitrogens with zero attached hydrogens (tertiary/aromatic N) is 4. The van der Waals surface area contributed by atoms with Crippen LogP contribution in [0.2, 0.25) is 0 Å². The maximum Gasteiger partial charge on any atom is 0.120 e. The second kappa shape index (κ2) is 17.1. The molecule has 7 heteroatoms. The average Bonchev–Trinajstić information content (AvgIpc) is 3.46. The molecule has 0 bridgehead atoms. The smallest absolute Gasteiger partial charge is 0.120 e. The molecule has 0 radical (unpaired) electrons. The first-order valence-electron chi connectivity index (χ1n) is 13.9. The van der Waals surface area contributed by atoms with Crippen molar-refractivity contribution >= 4 is 29.2 Å². The van der Waals surface area contributed by atoms with Crippen LogP contribution in [0.3, 0.4) is 0 Å². The molecule has 0 atom stereocenters. The first-order chi connectivity index (χ1) is 18.9. The van der Waals surface area contributed by atoms with Crippen LogP contribution in [-0.2, 0) is 6.54 Å². The molecule has 0 saturated carbocycles. The normalized spacial score (nSPS) is 15.4. The lowest BCUT2D eigenvalue weighted by atomic mass is 10.1. The minimum Gasteiger partial charge on any atom is -0.508 e. The summed E-state index contributed by atoms with van der Waals surface area (Å²) in [5.41, 5.74) is 9.06. The van der Waals surface area contributed by atoms with Crippen LogP contribution in [-0.4, -0.2) is 94.3 Å². The minimum absolute atomic E-state index is 0.383. The maximum atomic E-state index is 10.6. The van der Waals surface area contributed by atoms with E-state index in [1.807, 2.05) is 26.0 Å². The van der Waals surface area contributed by atoms with Crippen LogP contribution in [0.4, 0.5) is 5.69 Å². The highest BCUT2D eigenvalue weighted by atomic mass is 32.1. The van der Waals surface area contributed by atoms with Crippen LogP contribution in [0.1, 0.15) is 29.9 Å². The zero-order valence-corrected chi connectivity index (χ0v) is 25.8. The monoisotopic (exact) mass is 551 g/mol. The summed E-state index contributed by atoms with van der Waals surface area (Å²) in [6.45, 7) is 11.1. The van der Waals surface area contributed by atoms with Crippen molar-refractivity contribution in [2.24, 2.45) is 5.73 Å². The van der Waals surface area contributed by atoms with Gasteiger partial charge in [0.15, 0.2) is 0 Å². The summed E-state index contributed by atoms with van der Waals surface area (Å²) in [6, 6.07) is 19.0. The maximum absolute atomic E-state index is 10.6. The van der Waals surface area contributed by atoms with Crippen molar-refractivity contribution in [1.29, 1.82) is 0 Å². The first-order valence-corrected chi connectivity index (χ1v) is 14.7. The van der Waals surface area contributed by atoms with Crippen LogP contribution in [0, 0.1) is 0 Å². The highest BCUT2D eigenvalue weighted by molar-refractivity contribution is 7.16. The largest absolute Gasteiger partial charge is 0.508 e. The Morgan fingerprint density at radius 3 is 2.00 bits per heavy atom. The van der Waals surface area contributed by atoms with E-state index in [0.29, 0.717) is 5.75 Å². The van der Waals surface area contributed by atoms with E-state index < -0.39 is 0 Å². The fourth-order valence-corrected chi connectivity index (χ4v) is 5.13. The van der Waals surface area contributed by atoms with Crippen LogP contribution < -0.4 is 10.6 Å². The van der Waals surface area contributed by atoms with Crippen LogP contribution in [0.25, 0.3) is 22.6 Å². The first kappa shape index (κ1) is 32.5.